The number of amides is 2. The molecule has 0 aliphatic carbocycles. The Labute approximate surface area is 126 Å². The van der Waals surface area contributed by atoms with Crippen molar-refractivity contribution in [2.75, 3.05) is 26.8 Å². The normalized spacial score (nSPS) is 12.8. The van der Waals surface area contributed by atoms with Gasteiger partial charge < -0.3 is 25.8 Å². The van der Waals surface area contributed by atoms with Gasteiger partial charge in [-0.25, -0.2) is 4.79 Å². The van der Waals surface area contributed by atoms with Gasteiger partial charge in [0.25, 0.3) is 0 Å². The van der Waals surface area contributed by atoms with E-state index in [-0.39, 0.29) is 11.9 Å². The molecule has 0 spiro atoms. The van der Waals surface area contributed by atoms with Crippen molar-refractivity contribution < 1.29 is 19.1 Å². The average Bonchev–Trinajstić information content (AvgIpc) is 2.31. The van der Waals surface area contributed by atoms with Gasteiger partial charge in [-0.05, 0) is 33.6 Å². The number of methoxy groups -OCH3 is 1. The maximum absolute atomic E-state index is 11.5. The second kappa shape index (κ2) is 10.4. The number of primary amides is 1. The van der Waals surface area contributed by atoms with Crippen LogP contribution in [0.2, 0.25) is 0 Å². The molecule has 0 saturated carbocycles. The molecular weight excluding hydrogens is 274 g/mol. The Balaban J connectivity index is 3.82. The Morgan fingerprint density at radius 3 is 2.43 bits per heavy atom. The van der Waals surface area contributed by atoms with Crippen molar-refractivity contribution in [2.24, 2.45) is 5.73 Å². The lowest BCUT2D eigenvalue weighted by atomic mass is 10.1. The van der Waals surface area contributed by atoms with Crippen LogP contribution < -0.4 is 16.4 Å². The zero-order chi connectivity index (χ0) is 16.3. The maximum Gasteiger partial charge on any atom is 0.407 e. The molecule has 0 aliphatic heterocycles. The first-order chi connectivity index (χ1) is 9.74. The van der Waals surface area contributed by atoms with E-state index in [4.69, 9.17) is 15.2 Å². The molecule has 0 saturated heterocycles. The van der Waals surface area contributed by atoms with E-state index in [0.717, 1.165) is 12.8 Å². The summed E-state index contributed by atoms with van der Waals surface area (Å²) < 4.78 is 10.3. The van der Waals surface area contributed by atoms with E-state index in [1.54, 1.807) is 7.11 Å². The van der Waals surface area contributed by atoms with Crippen LogP contribution in [0, 0.1) is 0 Å². The predicted molar refractivity (Wildman–Crippen MR) is 80.9 cm³/mol. The Kier molecular flexibility index (Phi) is 9.73. The summed E-state index contributed by atoms with van der Waals surface area (Å²) >= 11 is 0. The predicted octanol–water partition coefficient (Wildman–Crippen LogP) is 0.771. The van der Waals surface area contributed by atoms with Crippen LogP contribution in [0.4, 0.5) is 4.79 Å². The first kappa shape index (κ1) is 19.7. The minimum absolute atomic E-state index is 0.134. The molecule has 0 aromatic heterocycles. The summed E-state index contributed by atoms with van der Waals surface area (Å²) in [6.45, 7) is 7.08. The lowest BCUT2D eigenvalue weighted by Gasteiger charge is -2.20. The zero-order valence-electron chi connectivity index (χ0n) is 13.5. The van der Waals surface area contributed by atoms with Gasteiger partial charge in [0.15, 0.2) is 0 Å². The van der Waals surface area contributed by atoms with Gasteiger partial charge in [0.1, 0.15) is 5.60 Å². The van der Waals surface area contributed by atoms with Crippen LogP contribution in [0.1, 0.15) is 40.0 Å². The SMILES string of the molecule is COCC(CCCNC(=O)OC(C)(C)C)NCCC(N)=O. The maximum atomic E-state index is 11.5. The van der Waals surface area contributed by atoms with Crippen LogP contribution in [0.25, 0.3) is 0 Å². The number of hydrogen-bond donors (Lipinski definition) is 3. The minimum Gasteiger partial charge on any atom is -0.444 e. The fraction of sp³-hybridized carbons (Fsp3) is 0.857. The van der Waals surface area contributed by atoms with E-state index in [1.807, 2.05) is 20.8 Å². The highest BCUT2D eigenvalue weighted by Gasteiger charge is 2.15. The molecule has 0 heterocycles. The molecule has 1 atom stereocenters. The van der Waals surface area contributed by atoms with Gasteiger partial charge in [0, 0.05) is 32.7 Å². The molecule has 0 aromatic carbocycles. The lowest BCUT2D eigenvalue weighted by Crippen LogP contribution is -2.37. The van der Waals surface area contributed by atoms with Gasteiger partial charge in [-0.15, -0.1) is 0 Å². The Morgan fingerprint density at radius 2 is 1.90 bits per heavy atom. The summed E-state index contributed by atoms with van der Waals surface area (Å²) in [5.74, 6) is -0.328. The van der Waals surface area contributed by atoms with Crippen molar-refractivity contribution >= 4 is 12.0 Å². The monoisotopic (exact) mass is 303 g/mol. The van der Waals surface area contributed by atoms with E-state index in [9.17, 15) is 9.59 Å². The van der Waals surface area contributed by atoms with E-state index in [0.29, 0.717) is 26.1 Å². The zero-order valence-corrected chi connectivity index (χ0v) is 13.5. The average molecular weight is 303 g/mol. The Hall–Kier alpha value is -1.34. The molecule has 2 amide bonds. The van der Waals surface area contributed by atoms with E-state index < -0.39 is 11.7 Å². The van der Waals surface area contributed by atoms with Crippen molar-refractivity contribution in [1.82, 2.24) is 10.6 Å². The second-order valence-electron chi connectivity index (χ2n) is 5.89. The quantitative estimate of drug-likeness (QED) is 0.517. The van der Waals surface area contributed by atoms with Crippen molar-refractivity contribution in [1.29, 1.82) is 0 Å². The smallest absolute Gasteiger partial charge is 0.407 e. The number of rotatable bonds is 10. The number of nitrogens with one attached hydrogen (secondary N) is 2. The molecule has 7 nitrogen and oxygen atoms in total. The number of ether oxygens (including phenoxy) is 2. The standard InChI is InChI=1S/C14H29N3O4/c1-14(2,3)21-13(19)17-8-5-6-11(10-20-4)16-9-7-12(15)18/h11,16H,5-10H2,1-4H3,(H2,15,18)(H,17,19). The van der Waals surface area contributed by atoms with Crippen LogP contribution in [0.5, 0.6) is 0 Å². The molecule has 124 valence electrons. The fourth-order valence-corrected chi connectivity index (χ4v) is 1.70. The van der Waals surface area contributed by atoms with Gasteiger partial charge in [-0.1, -0.05) is 0 Å². The van der Waals surface area contributed by atoms with Crippen molar-refractivity contribution in [3.05, 3.63) is 0 Å². The third kappa shape index (κ3) is 13.4. The summed E-state index contributed by atoms with van der Waals surface area (Å²) in [6.07, 6.45) is 1.50. The fourth-order valence-electron chi connectivity index (χ4n) is 1.70. The Morgan fingerprint density at radius 1 is 1.24 bits per heavy atom. The molecule has 0 aromatic rings. The summed E-state index contributed by atoms with van der Waals surface area (Å²) in [5.41, 5.74) is 4.60. The number of carbonyl (C=O) groups excluding carboxylic acids is 2. The second-order valence-corrected chi connectivity index (χ2v) is 5.89. The molecular formula is C14H29N3O4. The first-order valence-electron chi connectivity index (χ1n) is 7.22. The highest BCUT2D eigenvalue weighted by Crippen LogP contribution is 2.06. The number of carbonyl (C=O) groups is 2. The minimum atomic E-state index is -0.487. The number of hydrogen-bond acceptors (Lipinski definition) is 5. The molecule has 0 bridgehead atoms. The summed E-state index contributed by atoms with van der Waals surface area (Å²) in [7, 11) is 1.63. The first-order valence-corrected chi connectivity index (χ1v) is 7.22. The van der Waals surface area contributed by atoms with Crippen LogP contribution in [0.15, 0.2) is 0 Å². The largest absolute Gasteiger partial charge is 0.444 e. The molecule has 7 heteroatoms. The molecule has 0 rings (SSSR count). The van der Waals surface area contributed by atoms with Crippen LogP contribution >= 0.6 is 0 Å². The van der Waals surface area contributed by atoms with Gasteiger partial charge in [-0.2, -0.15) is 0 Å². The number of alkyl carbamates (subject to hydrolysis) is 1. The highest BCUT2D eigenvalue weighted by molar-refractivity contribution is 5.73. The summed E-state index contributed by atoms with van der Waals surface area (Å²) in [5, 5.41) is 5.92. The van der Waals surface area contributed by atoms with Crippen molar-refractivity contribution in [3.63, 3.8) is 0 Å². The van der Waals surface area contributed by atoms with Crippen LogP contribution in [-0.4, -0.2) is 50.4 Å². The molecule has 0 radical (unpaired) electrons. The Bertz CT molecular complexity index is 316. The van der Waals surface area contributed by atoms with Crippen molar-refractivity contribution in [2.45, 2.75) is 51.7 Å². The highest BCUT2D eigenvalue weighted by atomic mass is 16.6. The van der Waals surface area contributed by atoms with Gasteiger partial charge >= 0.3 is 6.09 Å². The summed E-state index contributed by atoms with van der Waals surface area (Å²) in [6, 6.07) is 0.134. The third-order valence-corrected chi connectivity index (χ3v) is 2.57. The lowest BCUT2D eigenvalue weighted by molar-refractivity contribution is -0.117. The molecule has 21 heavy (non-hydrogen) atoms. The molecule has 1 unspecified atom stereocenters. The summed E-state index contributed by atoms with van der Waals surface area (Å²) in [4.78, 5) is 22.1. The molecule has 4 N–H and O–H groups in total. The van der Waals surface area contributed by atoms with E-state index in [1.165, 1.54) is 0 Å². The van der Waals surface area contributed by atoms with Gasteiger partial charge in [0.2, 0.25) is 5.91 Å². The van der Waals surface area contributed by atoms with Crippen LogP contribution in [-0.2, 0) is 14.3 Å². The van der Waals surface area contributed by atoms with E-state index >= 15 is 0 Å². The molecule has 0 fully saturated rings. The molecule has 0 aliphatic rings. The van der Waals surface area contributed by atoms with E-state index in [2.05, 4.69) is 10.6 Å². The van der Waals surface area contributed by atoms with Gasteiger partial charge in [0.05, 0.1) is 6.61 Å². The van der Waals surface area contributed by atoms with Crippen LogP contribution in [0.3, 0.4) is 0 Å². The number of nitrogens with two attached hydrogens (primary N) is 1. The van der Waals surface area contributed by atoms with Gasteiger partial charge in [-0.3, -0.25) is 4.79 Å². The van der Waals surface area contributed by atoms with Crippen molar-refractivity contribution in [3.8, 4) is 0 Å². The topological polar surface area (TPSA) is 103 Å². The third-order valence-electron chi connectivity index (χ3n) is 2.57.